The zero-order valence-corrected chi connectivity index (χ0v) is 13.8. The number of benzene rings is 1. The highest BCUT2D eigenvalue weighted by Crippen LogP contribution is 2.26. The first kappa shape index (κ1) is 16.1. The van der Waals surface area contributed by atoms with Crippen molar-refractivity contribution in [1.82, 2.24) is 4.90 Å². The Kier molecular flexibility index (Phi) is 5.07. The highest BCUT2D eigenvalue weighted by molar-refractivity contribution is 7.99. The minimum Gasteiger partial charge on any atom is -0.497 e. The number of nitrogens with one attached hydrogen (secondary N) is 1. The van der Waals surface area contributed by atoms with Crippen molar-refractivity contribution in [3.05, 3.63) is 24.3 Å². The third-order valence-electron chi connectivity index (χ3n) is 4.03. The highest BCUT2D eigenvalue weighted by atomic mass is 32.2. The standard InChI is InChI=1S/C16H20N2O4S/c1-21-12-6-4-11(5-7-12)17-15(19)13-9-23-10-18(13)16(20)14-3-2-8-22-14/h4-7,13-14H,2-3,8-10H2,1H3,(H,17,19)/t13-,14+/m1/s1. The number of carbonyl (C=O) groups excluding carboxylic acids is 2. The molecule has 23 heavy (non-hydrogen) atoms. The molecule has 6 nitrogen and oxygen atoms in total. The van der Waals surface area contributed by atoms with Gasteiger partial charge in [-0.1, -0.05) is 0 Å². The van der Waals surface area contributed by atoms with Crippen molar-refractivity contribution in [3.63, 3.8) is 0 Å². The number of amides is 2. The van der Waals surface area contributed by atoms with Crippen LogP contribution in [0.5, 0.6) is 5.75 Å². The Labute approximate surface area is 139 Å². The molecule has 0 bridgehead atoms. The molecule has 2 saturated heterocycles. The van der Waals surface area contributed by atoms with Crippen molar-refractivity contribution >= 4 is 29.3 Å². The lowest BCUT2D eigenvalue weighted by molar-refractivity contribution is -0.144. The Morgan fingerprint density at radius 1 is 1.35 bits per heavy atom. The van der Waals surface area contributed by atoms with E-state index in [1.165, 1.54) is 0 Å². The van der Waals surface area contributed by atoms with Crippen molar-refractivity contribution in [2.45, 2.75) is 25.0 Å². The van der Waals surface area contributed by atoms with Crippen LogP contribution in [-0.4, -0.2) is 54.2 Å². The van der Waals surface area contributed by atoms with E-state index in [1.54, 1.807) is 48.0 Å². The van der Waals surface area contributed by atoms with Crippen molar-refractivity contribution in [1.29, 1.82) is 0 Å². The van der Waals surface area contributed by atoms with E-state index in [-0.39, 0.29) is 17.9 Å². The average molecular weight is 336 g/mol. The first-order chi connectivity index (χ1) is 11.2. The molecular weight excluding hydrogens is 316 g/mol. The molecule has 2 aliphatic rings. The smallest absolute Gasteiger partial charge is 0.253 e. The van der Waals surface area contributed by atoms with Crippen LogP contribution in [-0.2, 0) is 14.3 Å². The van der Waals surface area contributed by atoms with Gasteiger partial charge in [0.1, 0.15) is 17.9 Å². The summed E-state index contributed by atoms with van der Waals surface area (Å²) < 4.78 is 10.5. The molecule has 0 unspecified atom stereocenters. The van der Waals surface area contributed by atoms with Gasteiger partial charge in [-0.3, -0.25) is 9.59 Å². The number of methoxy groups -OCH3 is 1. The van der Waals surface area contributed by atoms with Gasteiger partial charge in [-0.25, -0.2) is 0 Å². The van der Waals surface area contributed by atoms with Crippen molar-refractivity contribution in [2.24, 2.45) is 0 Å². The molecule has 2 aliphatic heterocycles. The van der Waals surface area contributed by atoms with E-state index in [2.05, 4.69) is 5.32 Å². The summed E-state index contributed by atoms with van der Waals surface area (Å²) in [6.07, 6.45) is 1.26. The van der Waals surface area contributed by atoms with E-state index in [0.29, 0.717) is 23.9 Å². The van der Waals surface area contributed by atoms with Crippen LogP contribution >= 0.6 is 11.8 Å². The molecule has 2 fully saturated rings. The van der Waals surface area contributed by atoms with E-state index < -0.39 is 6.04 Å². The maximum absolute atomic E-state index is 12.5. The van der Waals surface area contributed by atoms with Gasteiger partial charge < -0.3 is 19.7 Å². The fourth-order valence-electron chi connectivity index (χ4n) is 2.73. The van der Waals surface area contributed by atoms with Gasteiger partial charge in [-0.15, -0.1) is 11.8 Å². The molecule has 0 spiro atoms. The normalized spacial score (nSPS) is 23.8. The van der Waals surface area contributed by atoms with Gasteiger partial charge in [0.2, 0.25) is 5.91 Å². The molecule has 1 N–H and O–H groups in total. The molecule has 0 radical (unpaired) electrons. The van der Waals surface area contributed by atoms with E-state index in [9.17, 15) is 9.59 Å². The largest absolute Gasteiger partial charge is 0.497 e. The molecule has 3 rings (SSSR count). The molecule has 124 valence electrons. The predicted octanol–water partition coefficient (Wildman–Crippen LogP) is 1.71. The lowest BCUT2D eigenvalue weighted by Crippen LogP contribution is -2.48. The third-order valence-corrected chi connectivity index (χ3v) is 5.04. The fraction of sp³-hybridized carbons (Fsp3) is 0.500. The van der Waals surface area contributed by atoms with Gasteiger partial charge in [0.15, 0.2) is 0 Å². The van der Waals surface area contributed by atoms with E-state index >= 15 is 0 Å². The van der Waals surface area contributed by atoms with Gasteiger partial charge in [-0.2, -0.15) is 0 Å². The summed E-state index contributed by atoms with van der Waals surface area (Å²) in [6, 6.07) is 6.69. The number of hydrogen-bond acceptors (Lipinski definition) is 5. The second-order valence-corrected chi connectivity index (χ2v) is 6.54. The van der Waals surface area contributed by atoms with Crippen LogP contribution in [0.2, 0.25) is 0 Å². The first-order valence-electron chi connectivity index (χ1n) is 7.64. The molecule has 2 atom stereocenters. The second kappa shape index (κ2) is 7.23. The number of hydrogen-bond donors (Lipinski definition) is 1. The second-order valence-electron chi connectivity index (χ2n) is 5.54. The first-order valence-corrected chi connectivity index (χ1v) is 8.79. The maximum atomic E-state index is 12.5. The molecule has 0 saturated carbocycles. The van der Waals surface area contributed by atoms with Gasteiger partial charge in [0, 0.05) is 18.0 Å². The zero-order chi connectivity index (χ0) is 16.2. The Morgan fingerprint density at radius 2 is 2.13 bits per heavy atom. The van der Waals surface area contributed by atoms with Gasteiger partial charge >= 0.3 is 0 Å². The third kappa shape index (κ3) is 3.61. The molecule has 2 heterocycles. The van der Waals surface area contributed by atoms with Crippen LogP contribution in [0.25, 0.3) is 0 Å². The molecule has 1 aromatic carbocycles. The summed E-state index contributed by atoms with van der Waals surface area (Å²) in [5, 5.41) is 2.87. The van der Waals surface area contributed by atoms with Crippen LogP contribution in [0.3, 0.4) is 0 Å². The summed E-state index contributed by atoms with van der Waals surface area (Å²) in [4.78, 5) is 26.6. The summed E-state index contributed by atoms with van der Waals surface area (Å²) >= 11 is 1.59. The summed E-state index contributed by atoms with van der Waals surface area (Å²) in [5.41, 5.74) is 0.692. The SMILES string of the molecule is COc1ccc(NC(=O)[C@H]2CSCN2C(=O)[C@@H]2CCCO2)cc1. The molecule has 0 aliphatic carbocycles. The topological polar surface area (TPSA) is 67.9 Å². The van der Waals surface area contributed by atoms with Crippen molar-refractivity contribution in [2.75, 3.05) is 30.7 Å². The number of carbonyl (C=O) groups is 2. The monoisotopic (exact) mass is 336 g/mol. The average Bonchev–Trinajstić information content (AvgIpc) is 3.26. The molecule has 1 aromatic rings. The fourth-order valence-corrected chi connectivity index (χ4v) is 3.90. The van der Waals surface area contributed by atoms with E-state index in [4.69, 9.17) is 9.47 Å². The highest BCUT2D eigenvalue weighted by Gasteiger charge is 2.38. The van der Waals surface area contributed by atoms with Gasteiger partial charge in [-0.05, 0) is 37.1 Å². The molecule has 2 amide bonds. The Hall–Kier alpha value is -1.73. The molecular formula is C16H20N2O4S. The molecule has 0 aromatic heterocycles. The molecule has 7 heteroatoms. The summed E-state index contributed by atoms with van der Waals surface area (Å²) in [6.45, 7) is 0.625. The quantitative estimate of drug-likeness (QED) is 0.907. The van der Waals surface area contributed by atoms with Crippen LogP contribution in [0, 0.1) is 0 Å². The Balaban J connectivity index is 1.64. The number of rotatable bonds is 4. The number of thioether (sulfide) groups is 1. The lowest BCUT2D eigenvalue weighted by Gasteiger charge is -2.25. The number of nitrogens with zero attached hydrogens (tertiary/aromatic N) is 1. The van der Waals surface area contributed by atoms with Crippen LogP contribution in [0.4, 0.5) is 5.69 Å². The number of ether oxygens (including phenoxy) is 2. The van der Waals surface area contributed by atoms with Crippen molar-refractivity contribution < 1.29 is 19.1 Å². The van der Waals surface area contributed by atoms with Gasteiger partial charge in [0.05, 0.1) is 13.0 Å². The maximum Gasteiger partial charge on any atom is 0.253 e. The minimum absolute atomic E-state index is 0.0672. The number of anilines is 1. The lowest BCUT2D eigenvalue weighted by atomic mass is 10.2. The van der Waals surface area contributed by atoms with Crippen LogP contribution in [0.1, 0.15) is 12.8 Å². The van der Waals surface area contributed by atoms with Crippen molar-refractivity contribution in [3.8, 4) is 5.75 Å². The zero-order valence-electron chi connectivity index (χ0n) is 13.0. The van der Waals surface area contributed by atoms with Gasteiger partial charge in [0.25, 0.3) is 5.91 Å². The summed E-state index contributed by atoms with van der Waals surface area (Å²) in [5.74, 6) is 1.66. The predicted molar refractivity (Wildman–Crippen MR) is 88.6 cm³/mol. The Morgan fingerprint density at radius 3 is 2.78 bits per heavy atom. The van der Waals surface area contributed by atoms with E-state index in [1.807, 2.05) is 0 Å². The van der Waals surface area contributed by atoms with E-state index in [0.717, 1.165) is 18.6 Å². The van der Waals surface area contributed by atoms with Crippen LogP contribution in [0.15, 0.2) is 24.3 Å². The Bertz CT molecular complexity index is 572. The van der Waals surface area contributed by atoms with Crippen LogP contribution < -0.4 is 10.1 Å². The summed E-state index contributed by atoms with van der Waals surface area (Å²) in [7, 11) is 1.60. The minimum atomic E-state index is -0.446.